The number of nitrogens with one attached hydrogen (secondary N) is 1. The average molecular weight is 293 g/mol. The molecule has 1 N–H and O–H groups in total. The number of para-hydroxylation sites is 1. The highest BCUT2D eigenvalue weighted by Crippen LogP contribution is 2.14. The van der Waals surface area contributed by atoms with Crippen LogP contribution in [0.5, 0.6) is 0 Å². The number of carbonyl (C=O) groups is 1. The Morgan fingerprint density at radius 1 is 1.23 bits per heavy atom. The first-order chi connectivity index (χ1) is 10.7. The molecule has 0 aliphatic heterocycles. The van der Waals surface area contributed by atoms with E-state index in [1.807, 2.05) is 36.4 Å². The molecule has 110 valence electrons. The molecule has 5 nitrogen and oxygen atoms in total. The molecule has 5 heteroatoms. The molecule has 2 rings (SSSR count). The van der Waals surface area contributed by atoms with Crippen molar-refractivity contribution < 1.29 is 9.63 Å². The molecule has 0 heterocycles. The molecule has 0 fully saturated rings. The van der Waals surface area contributed by atoms with Crippen LogP contribution in [0.1, 0.15) is 18.1 Å². The maximum absolute atomic E-state index is 12.0. The number of anilines is 1. The van der Waals surface area contributed by atoms with Gasteiger partial charge in [0.05, 0.1) is 17.5 Å². The van der Waals surface area contributed by atoms with Crippen molar-refractivity contribution in [2.75, 3.05) is 5.32 Å². The molecule has 22 heavy (non-hydrogen) atoms. The van der Waals surface area contributed by atoms with Gasteiger partial charge in [-0.2, -0.15) is 5.26 Å². The van der Waals surface area contributed by atoms with Crippen molar-refractivity contribution >= 4 is 17.8 Å². The van der Waals surface area contributed by atoms with Crippen molar-refractivity contribution in [1.29, 1.82) is 5.26 Å². The molecule has 0 aromatic heterocycles. The number of nitriles is 1. The van der Waals surface area contributed by atoms with Gasteiger partial charge in [0, 0.05) is 0 Å². The van der Waals surface area contributed by atoms with E-state index in [1.54, 1.807) is 31.2 Å². The Morgan fingerprint density at radius 3 is 2.64 bits per heavy atom. The third-order valence-electron chi connectivity index (χ3n) is 2.89. The van der Waals surface area contributed by atoms with Crippen LogP contribution >= 0.6 is 0 Å². The number of hydrogen-bond donors (Lipinski definition) is 1. The molecular formula is C17H15N3O2. The Labute approximate surface area is 128 Å². The van der Waals surface area contributed by atoms with E-state index in [-0.39, 0.29) is 5.91 Å². The van der Waals surface area contributed by atoms with Gasteiger partial charge in [0.15, 0.2) is 0 Å². The number of carbonyl (C=O) groups excluding carboxylic acids is 1. The highest BCUT2D eigenvalue weighted by Gasteiger charge is 2.15. The lowest BCUT2D eigenvalue weighted by molar-refractivity contribution is -0.126. The van der Waals surface area contributed by atoms with E-state index in [0.29, 0.717) is 11.3 Å². The first-order valence-corrected chi connectivity index (χ1v) is 6.75. The molecule has 1 amide bonds. The summed E-state index contributed by atoms with van der Waals surface area (Å²) in [7, 11) is 0. The zero-order valence-electron chi connectivity index (χ0n) is 12.1. The maximum Gasteiger partial charge on any atom is 0.268 e. The molecule has 2 aromatic carbocycles. The van der Waals surface area contributed by atoms with E-state index in [9.17, 15) is 4.79 Å². The highest BCUT2D eigenvalue weighted by molar-refractivity contribution is 5.95. The number of oxime groups is 1. The van der Waals surface area contributed by atoms with Crippen molar-refractivity contribution in [1.82, 2.24) is 0 Å². The zero-order valence-corrected chi connectivity index (χ0v) is 12.1. The summed E-state index contributed by atoms with van der Waals surface area (Å²) in [6.45, 7) is 1.59. The minimum Gasteiger partial charge on any atom is -0.383 e. The van der Waals surface area contributed by atoms with Crippen molar-refractivity contribution in [3.63, 3.8) is 0 Å². The molecule has 0 spiro atoms. The van der Waals surface area contributed by atoms with Crippen molar-refractivity contribution in [3.8, 4) is 6.07 Å². The molecular weight excluding hydrogens is 278 g/mol. The van der Waals surface area contributed by atoms with E-state index >= 15 is 0 Å². The largest absolute Gasteiger partial charge is 0.383 e. The van der Waals surface area contributed by atoms with Gasteiger partial charge in [0.25, 0.3) is 5.91 Å². The summed E-state index contributed by atoms with van der Waals surface area (Å²) in [6.07, 6.45) is 0.763. The maximum atomic E-state index is 12.0. The van der Waals surface area contributed by atoms with Gasteiger partial charge in [-0.15, -0.1) is 0 Å². The molecule has 0 aliphatic rings. The van der Waals surface area contributed by atoms with Crippen LogP contribution in [0.2, 0.25) is 0 Å². The summed E-state index contributed by atoms with van der Waals surface area (Å²) in [6, 6.07) is 18.2. The van der Waals surface area contributed by atoms with Gasteiger partial charge in [-0.05, 0) is 24.6 Å². The van der Waals surface area contributed by atoms with E-state index in [0.717, 1.165) is 5.56 Å². The third-order valence-corrected chi connectivity index (χ3v) is 2.89. The smallest absolute Gasteiger partial charge is 0.268 e. The molecule has 0 aliphatic carbocycles. The van der Waals surface area contributed by atoms with Crippen LogP contribution in [-0.4, -0.2) is 18.2 Å². The predicted octanol–water partition coefficient (Wildman–Crippen LogP) is 2.94. The first kappa shape index (κ1) is 15.3. The monoisotopic (exact) mass is 293 g/mol. The second-order valence-corrected chi connectivity index (χ2v) is 4.54. The normalized spacial score (nSPS) is 11.6. The van der Waals surface area contributed by atoms with E-state index in [2.05, 4.69) is 10.5 Å². The molecule has 0 bridgehead atoms. The van der Waals surface area contributed by atoms with Gasteiger partial charge >= 0.3 is 0 Å². The fraction of sp³-hybridized carbons (Fsp3) is 0.118. The summed E-state index contributed by atoms with van der Waals surface area (Å²) >= 11 is 0. The van der Waals surface area contributed by atoms with E-state index in [4.69, 9.17) is 10.1 Å². The fourth-order valence-corrected chi connectivity index (χ4v) is 1.69. The summed E-state index contributed by atoms with van der Waals surface area (Å²) in [5.41, 5.74) is 1.73. The van der Waals surface area contributed by atoms with Gasteiger partial charge in [-0.25, -0.2) is 0 Å². The topological polar surface area (TPSA) is 74.5 Å². The Balaban J connectivity index is 1.93. The number of amides is 1. The van der Waals surface area contributed by atoms with Crippen molar-refractivity contribution in [3.05, 3.63) is 65.7 Å². The number of nitrogens with zero attached hydrogens (tertiary/aromatic N) is 2. The zero-order chi connectivity index (χ0) is 15.8. The lowest BCUT2D eigenvalue weighted by atomic mass is 10.2. The quantitative estimate of drug-likeness (QED) is 0.680. The van der Waals surface area contributed by atoms with Gasteiger partial charge in [-0.1, -0.05) is 47.6 Å². The highest BCUT2D eigenvalue weighted by atomic mass is 16.6. The van der Waals surface area contributed by atoms with Crippen molar-refractivity contribution in [2.45, 2.75) is 13.0 Å². The van der Waals surface area contributed by atoms with Crippen molar-refractivity contribution in [2.24, 2.45) is 5.16 Å². The fourth-order valence-electron chi connectivity index (χ4n) is 1.69. The lowest BCUT2D eigenvalue weighted by Crippen LogP contribution is -2.26. The van der Waals surface area contributed by atoms with Gasteiger partial charge in [-0.3, -0.25) is 4.79 Å². The lowest BCUT2D eigenvalue weighted by Gasteiger charge is -2.11. The number of rotatable bonds is 5. The standard InChI is InChI=1S/C17H15N3O2/c1-13(22-19-12-14-7-3-2-4-8-14)17(21)20-16-10-6-5-9-15(16)11-18/h2-10,12-13H,1H3,(H,20,21)/b19-12-/t13-/m1/s1. The average Bonchev–Trinajstić information content (AvgIpc) is 2.56. The van der Waals surface area contributed by atoms with Crippen LogP contribution in [-0.2, 0) is 9.63 Å². The Bertz CT molecular complexity index is 705. The molecule has 0 saturated carbocycles. The van der Waals surface area contributed by atoms with Crippen LogP contribution < -0.4 is 5.32 Å². The summed E-state index contributed by atoms with van der Waals surface area (Å²) in [4.78, 5) is 17.1. The third kappa shape index (κ3) is 4.18. The number of hydrogen-bond acceptors (Lipinski definition) is 4. The van der Waals surface area contributed by atoms with E-state index in [1.165, 1.54) is 6.21 Å². The molecule has 0 unspecified atom stereocenters. The second kappa shape index (κ2) is 7.60. The van der Waals surface area contributed by atoms with E-state index < -0.39 is 6.10 Å². The Hall–Kier alpha value is -3.13. The minimum atomic E-state index is -0.772. The summed E-state index contributed by atoms with van der Waals surface area (Å²) < 4.78 is 0. The van der Waals surface area contributed by atoms with Crippen LogP contribution in [0.3, 0.4) is 0 Å². The summed E-state index contributed by atoms with van der Waals surface area (Å²) in [5.74, 6) is -0.368. The van der Waals surface area contributed by atoms with Crippen LogP contribution in [0.15, 0.2) is 59.8 Å². The van der Waals surface area contributed by atoms with Gasteiger partial charge in [0.1, 0.15) is 6.07 Å². The van der Waals surface area contributed by atoms with Crippen LogP contribution in [0, 0.1) is 11.3 Å². The van der Waals surface area contributed by atoms with Gasteiger partial charge in [0.2, 0.25) is 6.10 Å². The predicted molar refractivity (Wildman–Crippen MR) is 84.4 cm³/mol. The van der Waals surface area contributed by atoms with Crippen LogP contribution in [0.4, 0.5) is 5.69 Å². The van der Waals surface area contributed by atoms with Crippen LogP contribution in [0.25, 0.3) is 0 Å². The molecule has 0 saturated heterocycles. The summed E-state index contributed by atoms with van der Waals surface area (Å²) in [5, 5.41) is 15.4. The second-order valence-electron chi connectivity index (χ2n) is 4.54. The molecule has 1 atom stereocenters. The molecule has 2 aromatic rings. The minimum absolute atomic E-state index is 0.368. The number of benzene rings is 2. The Kier molecular flexibility index (Phi) is 5.27. The molecule has 0 radical (unpaired) electrons. The van der Waals surface area contributed by atoms with Gasteiger partial charge < -0.3 is 10.2 Å². The first-order valence-electron chi connectivity index (χ1n) is 6.75. The SMILES string of the molecule is C[C@@H](O/N=C\c1ccccc1)C(=O)Nc1ccccc1C#N. The Morgan fingerprint density at radius 2 is 1.91 bits per heavy atom.